The van der Waals surface area contributed by atoms with E-state index >= 15 is 0 Å². The fourth-order valence-corrected chi connectivity index (χ4v) is 3.93. The van der Waals surface area contributed by atoms with Crippen molar-refractivity contribution in [1.29, 1.82) is 0 Å². The Hall–Kier alpha value is -3.97. The SMILES string of the molecule is COc1ccccc1CCn1c(=O)c2ccccc2n(Cc2ccc(C(=O)CO)cc2)c1=O. The molecule has 0 unspecified atom stereocenters. The van der Waals surface area contributed by atoms with Gasteiger partial charge in [0, 0.05) is 12.1 Å². The Morgan fingerprint density at radius 3 is 2.33 bits per heavy atom. The van der Waals surface area contributed by atoms with Gasteiger partial charge in [0.2, 0.25) is 0 Å². The van der Waals surface area contributed by atoms with Gasteiger partial charge >= 0.3 is 5.69 Å². The van der Waals surface area contributed by atoms with Gasteiger partial charge in [0.05, 0.1) is 24.6 Å². The summed E-state index contributed by atoms with van der Waals surface area (Å²) in [5, 5.41) is 9.50. The lowest BCUT2D eigenvalue weighted by atomic mass is 10.1. The number of fused-ring (bicyclic) bond motifs is 1. The molecule has 1 N–H and O–H groups in total. The molecule has 0 amide bonds. The Labute approximate surface area is 190 Å². The van der Waals surface area contributed by atoms with Gasteiger partial charge in [-0.1, -0.05) is 54.6 Å². The summed E-state index contributed by atoms with van der Waals surface area (Å²) >= 11 is 0. The average molecular weight is 444 g/mol. The van der Waals surface area contributed by atoms with Crippen molar-refractivity contribution < 1.29 is 14.6 Å². The topological polar surface area (TPSA) is 90.5 Å². The smallest absolute Gasteiger partial charge is 0.331 e. The summed E-state index contributed by atoms with van der Waals surface area (Å²) in [6.07, 6.45) is 0.468. The number of nitrogens with zero attached hydrogens (tertiary/aromatic N) is 2. The van der Waals surface area contributed by atoms with Crippen molar-refractivity contribution in [1.82, 2.24) is 9.13 Å². The predicted molar refractivity (Wildman–Crippen MR) is 126 cm³/mol. The van der Waals surface area contributed by atoms with Crippen molar-refractivity contribution in [3.8, 4) is 5.75 Å². The fraction of sp³-hybridized carbons (Fsp3) is 0.192. The number of methoxy groups -OCH3 is 1. The number of aliphatic hydroxyl groups is 1. The maximum absolute atomic E-state index is 13.4. The molecule has 0 saturated carbocycles. The van der Waals surface area contributed by atoms with E-state index in [1.54, 1.807) is 60.2 Å². The normalized spacial score (nSPS) is 11.0. The lowest BCUT2D eigenvalue weighted by Gasteiger charge is -2.15. The zero-order chi connectivity index (χ0) is 23.4. The molecule has 0 saturated heterocycles. The standard InChI is InChI=1S/C26H24N2O5/c1-33-24-9-5-2-6-20(24)14-15-27-25(31)21-7-3-4-8-22(21)28(26(27)32)16-18-10-12-19(13-11-18)23(30)17-29/h2-13,29H,14-17H2,1H3. The molecule has 0 atom stereocenters. The molecule has 3 aromatic carbocycles. The molecule has 0 spiro atoms. The third-order valence-corrected chi connectivity index (χ3v) is 5.69. The van der Waals surface area contributed by atoms with Crippen LogP contribution in [0.15, 0.2) is 82.4 Å². The van der Waals surface area contributed by atoms with Gasteiger partial charge in [-0.15, -0.1) is 0 Å². The lowest BCUT2D eigenvalue weighted by molar-refractivity contribution is 0.0903. The maximum atomic E-state index is 13.4. The molecule has 0 fully saturated rings. The summed E-state index contributed by atoms with van der Waals surface area (Å²) < 4.78 is 8.22. The van der Waals surface area contributed by atoms with Crippen LogP contribution in [0.5, 0.6) is 5.75 Å². The third kappa shape index (κ3) is 4.49. The molecule has 33 heavy (non-hydrogen) atoms. The number of aryl methyl sites for hydroxylation is 1. The molecule has 168 valence electrons. The van der Waals surface area contributed by atoms with Crippen molar-refractivity contribution in [2.75, 3.05) is 13.7 Å². The molecule has 0 bridgehead atoms. The van der Waals surface area contributed by atoms with Crippen molar-refractivity contribution in [2.45, 2.75) is 19.5 Å². The zero-order valence-corrected chi connectivity index (χ0v) is 18.2. The van der Waals surface area contributed by atoms with E-state index in [1.165, 1.54) is 4.57 Å². The Kier molecular flexibility index (Phi) is 6.51. The highest BCUT2D eigenvalue weighted by Crippen LogP contribution is 2.18. The number of ketones is 1. The highest BCUT2D eigenvalue weighted by atomic mass is 16.5. The summed E-state index contributed by atoms with van der Waals surface area (Å²) in [7, 11) is 1.59. The molecule has 7 heteroatoms. The largest absolute Gasteiger partial charge is 0.496 e. The van der Waals surface area contributed by atoms with Gasteiger partial charge < -0.3 is 9.84 Å². The summed E-state index contributed by atoms with van der Waals surface area (Å²) in [6, 6.07) is 21.3. The van der Waals surface area contributed by atoms with E-state index in [1.807, 2.05) is 24.3 Å². The average Bonchev–Trinajstić information content (AvgIpc) is 2.86. The lowest BCUT2D eigenvalue weighted by Crippen LogP contribution is -2.40. The van der Waals surface area contributed by atoms with E-state index in [4.69, 9.17) is 9.84 Å². The molecule has 4 rings (SSSR count). The quantitative estimate of drug-likeness (QED) is 0.422. The molecular weight excluding hydrogens is 420 g/mol. The van der Waals surface area contributed by atoms with Crippen LogP contribution in [-0.2, 0) is 19.5 Å². The van der Waals surface area contributed by atoms with Crippen LogP contribution in [0.25, 0.3) is 10.9 Å². The second-order valence-corrected chi connectivity index (χ2v) is 7.68. The molecule has 1 aromatic heterocycles. The van der Waals surface area contributed by atoms with E-state index in [2.05, 4.69) is 0 Å². The van der Waals surface area contributed by atoms with E-state index in [-0.39, 0.29) is 24.4 Å². The molecule has 1 heterocycles. The molecule has 0 aliphatic carbocycles. The molecule has 7 nitrogen and oxygen atoms in total. The van der Waals surface area contributed by atoms with Crippen LogP contribution in [0, 0.1) is 0 Å². The number of benzene rings is 3. The number of ether oxygens (including phenoxy) is 1. The summed E-state index contributed by atoms with van der Waals surface area (Å²) in [5.74, 6) is 0.346. The zero-order valence-electron chi connectivity index (χ0n) is 18.2. The van der Waals surface area contributed by atoms with E-state index in [9.17, 15) is 14.4 Å². The van der Waals surface area contributed by atoms with Crippen LogP contribution < -0.4 is 16.0 Å². The van der Waals surface area contributed by atoms with E-state index < -0.39 is 12.3 Å². The monoisotopic (exact) mass is 444 g/mol. The molecule has 0 aliphatic rings. The number of aliphatic hydroxyl groups excluding tert-OH is 1. The van der Waals surface area contributed by atoms with Gasteiger partial charge in [0.15, 0.2) is 5.78 Å². The number of Topliss-reactive ketones (excluding diaryl/α,β-unsaturated/α-hetero) is 1. The van der Waals surface area contributed by atoms with Crippen molar-refractivity contribution >= 4 is 16.7 Å². The van der Waals surface area contributed by atoms with E-state index in [0.717, 1.165) is 11.1 Å². The van der Waals surface area contributed by atoms with Crippen LogP contribution in [0.2, 0.25) is 0 Å². The van der Waals surface area contributed by atoms with E-state index in [0.29, 0.717) is 28.6 Å². The van der Waals surface area contributed by atoms with Gasteiger partial charge in [-0.3, -0.25) is 18.7 Å². The van der Waals surface area contributed by atoms with Gasteiger partial charge in [0.1, 0.15) is 12.4 Å². The highest BCUT2D eigenvalue weighted by Gasteiger charge is 2.14. The Morgan fingerprint density at radius 1 is 0.909 bits per heavy atom. The molecule has 0 aliphatic heterocycles. The Balaban J connectivity index is 1.74. The second kappa shape index (κ2) is 9.67. The first kappa shape index (κ1) is 22.2. The van der Waals surface area contributed by atoms with Crippen molar-refractivity contribution in [2.24, 2.45) is 0 Å². The van der Waals surface area contributed by atoms with Crippen LogP contribution in [0.3, 0.4) is 0 Å². The minimum absolute atomic E-state index is 0.215. The number of carbonyl (C=O) groups excluding carboxylic acids is 1. The number of para-hydroxylation sites is 2. The molecular formula is C26H24N2O5. The third-order valence-electron chi connectivity index (χ3n) is 5.69. The fourth-order valence-electron chi connectivity index (χ4n) is 3.93. The first-order valence-corrected chi connectivity index (χ1v) is 10.6. The maximum Gasteiger partial charge on any atom is 0.331 e. The van der Waals surface area contributed by atoms with Crippen molar-refractivity contribution in [3.63, 3.8) is 0 Å². The van der Waals surface area contributed by atoms with Crippen LogP contribution in [0.1, 0.15) is 21.5 Å². The van der Waals surface area contributed by atoms with Crippen LogP contribution in [0.4, 0.5) is 0 Å². The number of carbonyl (C=O) groups is 1. The van der Waals surface area contributed by atoms with Crippen LogP contribution >= 0.6 is 0 Å². The van der Waals surface area contributed by atoms with Gasteiger partial charge in [-0.25, -0.2) is 4.79 Å². The predicted octanol–water partition coefficient (Wildman–Crippen LogP) is 2.64. The van der Waals surface area contributed by atoms with Gasteiger partial charge in [-0.2, -0.15) is 0 Å². The van der Waals surface area contributed by atoms with Crippen LogP contribution in [-0.4, -0.2) is 33.7 Å². The van der Waals surface area contributed by atoms with Crippen molar-refractivity contribution in [3.05, 3.63) is 110 Å². The Morgan fingerprint density at radius 2 is 1.61 bits per heavy atom. The number of rotatable bonds is 8. The summed E-state index contributed by atoms with van der Waals surface area (Å²) in [4.78, 5) is 38.2. The first-order valence-electron chi connectivity index (χ1n) is 10.6. The summed E-state index contributed by atoms with van der Waals surface area (Å²) in [5.41, 5.74) is 1.94. The number of hydrogen-bond acceptors (Lipinski definition) is 5. The molecule has 4 aromatic rings. The highest BCUT2D eigenvalue weighted by molar-refractivity contribution is 5.96. The first-order chi connectivity index (χ1) is 16.0. The Bertz CT molecular complexity index is 1420. The minimum atomic E-state index is -0.555. The van der Waals surface area contributed by atoms with Gasteiger partial charge in [0.25, 0.3) is 5.56 Å². The van der Waals surface area contributed by atoms with Gasteiger partial charge in [-0.05, 0) is 35.7 Å². The second-order valence-electron chi connectivity index (χ2n) is 7.68. The summed E-state index contributed by atoms with van der Waals surface area (Å²) in [6.45, 7) is -0.102. The number of hydrogen-bond donors (Lipinski definition) is 1. The minimum Gasteiger partial charge on any atom is -0.496 e. The molecule has 0 radical (unpaired) electrons. The number of aromatic nitrogens is 2.